The minimum atomic E-state index is -0.582. The number of carbonyl (C=O) groups is 2. The highest BCUT2D eigenvalue weighted by Gasteiger charge is 2.21. The number of methoxy groups -OCH3 is 1. The lowest BCUT2D eigenvalue weighted by molar-refractivity contribution is -0.142. The highest BCUT2D eigenvalue weighted by Crippen LogP contribution is 2.12. The molecular weight excluding hydrogens is 344 g/mol. The molecule has 0 aliphatic heterocycles. The number of ether oxygens (including phenoxy) is 2. The van der Waals surface area contributed by atoms with E-state index in [0.717, 1.165) is 5.56 Å². The molecule has 0 saturated heterocycles. The van der Waals surface area contributed by atoms with Crippen molar-refractivity contribution in [1.82, 2.24) is 10.6 Å². The number of rotatable bonds is 7. The lowest BCUT2D eigenvalue weighted by Crippen LogP contribution is -2.48. The minimum Gasteiger partial charge on any atom is -0.468 e. The first-order chi connectivity index (χ1) is 11.6. The SMILES string of the molecule is COC(=O)[C@H](C)NCC(Cc1ccc(Cl)cc1)NC(=O)OC(C)(C)C. The van der Waals surface area contributed by atoms with Gasteiger partial charge in [0.2, 0.25) is 0 Å². The second-order valence-electron chi connectivity index (χ2n) is 6.83. The summed E-state index contributed by atoms with van der Waals surface area (Å²) < 4.78 is 10.0. The van der Waals surface area contributed by atoms with Crippen molar-refractivity contribution >= 4 is 23.7 Å². The highest BCUT2D eigenvalue weighted by atomic mass is 35.5. The molecule has 0 radical (unpaired) electrons. The van der Waals surface area contributed by atoms with E-state index in [9.17, 15) is 9.59 Å². The van der Waals surface area contributed by atoms with Gasteiger partial charge in [0.25, 0.3) is 0 Å². The number of amides is 1. The summed E-state index contributed by atoms with van der Waals surface area (Å²) in [4.78, 5) is 23.6. The molecule has 0 spiro atoms. The van der Waals surface area contributed by atoms with E-state index >= 15 is 0 Å². The first kappa shape index (κ1) is 21.3. The van der Waals surface area contributed by atoms with Gasteiger partial charge < -0.3 is 20.1 Å². The van der Waals surface area contributed by atoms with E-state index < -0.39 is 17.7 Å². The van der Waals surface area contributed by atoms with Crippen LogP contribution in [0.3, 0.4) is 0 Å². The molecule has 0 heterocycles. The van der Waals surface area contributed by atoms with Crippen LogP contribution in [0.4, 0.5) is 4.79 Å². The molecule has 1 aromatic carbocycles. The predicted molar refractivity (Wildman–Crippen MR) is 97.8 cm³/mol. The molecule has 0 aliphatic carbocycles. The third kappa shape index (κ3) is 8.74. The van der Waals surface area contributed by atoms with Gasteiger partial charge in [0, 0.05) is 17.6 Å². The first-order valence-electron chi connectivity index (χ1n) is 8.16. The fraction of sp³-hybridized carbons (Fsp3) is 0.556. The van der Waals surface area contributed by atoms with Gasteiger partial charge in [-0.2, -0.15) is 0 Å². The van der Waals surface area contributed by atoms with Gasteiger partial charge >= 0.3 is 12.1 Å². The van der Waals surface area contributed by atoms with Gasteiger partial charge in [-0.15, -0.1) is 0 Å². The van der Waals surface area contributed by atoms with E-state index in [1.807, 2.05) is 12.1 Å². The molecule has 6 nitrogen and oxygen atoms in total. The molecule has 1 amide bonds. The van der Waals surface area contributed by atoms with Crippen molar-refractivity contribution in [3.63, 3.8) is 0 Å². The maximum Gasteiger partial charge on any atom is 0.407 e. The van der Waals surface area contributed by atoms with Crippen LogP contribution in [-0.4, -0.2) is 43.4 Å². The van der Waals surface area contributed by atoms with Crippen molar-refractivity contribution in [2.45, 2.75) is 51.8 Å². The zero-order valence-corrected chi connectivity index (χ0v) is 16.1. The molecule has 7 heteroatoms. The monoisotopic (exact) mass is 370 g/mol. The molecule has 2 atom stereocenters. The second kappa shape index (κ2) is 9.63. The van der Waals surface area contributed by atoms with Crippen molar-refractivity contribution in [2.75, 3.05) is 13.7 Å². The van der Waals surface area contributed by atoms with Crippen LogP contribution >= 0.6 is 11.6 Å². The number of benzene rings is 1. The summed E-state index contributed by atoms with van der Waals surface area (Å²) in [6.07, 6.45) is 0.0658. The van der Waals surface area contributed by atoms with Crippen molar-refractivity contribution in [1.29, 1.82) is 0 Å². The Morgan fingerprint density at radius 1 is 1.20 bits per heavy atom. The van der Waals surface area contributed by atoms with E-state index in [4.69, 9.17) is 21.1 Å². The number of nitrogens with one attached hydrogen (secondary N) is 2. The van der Waals surface area contributed by atoms with Gasteiger partial charge in [-0.25, -0.2) is 4.79 Å². The Morgan fingerprint density at radius 3 is 2.32 bits per heavy atom. The summed E-state index contributed by atoms with van der Waals surface area (Å²) >= 11 is 5.91. The van der Waals surface area contributed by atoms with Crippen LogP contribution in [0.5, 0.6) is 0 Å². The molecule has 1 unspecified atom stereocenters. The molecule has 0 bridgehead atoms. The lowest BCUT2D eigenvalue weighted by Gasteiger charge is -2.25. The average Bonchev–Trinajstić information content (AvgIpc) is 2.51. The summed E-state index contributed by atoms with van der Waals surface area (Å²) in [5.41, 5.74) is 0.430. The maximum absolute atomic E-state index is 12.1. The summed E-state index contributed by atoms with van der Waals surface area (Å²) in [6.45, 7) is 7.51. The summed E-state index contributed by atoms with van der Waals surface area (Å²) in [5, 5.41) is 6.55. The molecular formula is C18H27ClN2O4. The van der Waals surface area contributed by atoms with Gasteiger partial charge in [0.15, 0.2) is 0 Å². The quantitative estimate of drug-likeness (QED) is 0.722. The van der Waals surface area contributed by atoms with E-state index in [1.54, 1.807) is 39.8 Å². The van der Waals surface area contributed by atoms with E-state index in [2.05, 4.69) is 10.6 Å². The molecule has 140 valence electrons. The van der Waals surface area contributed by atoms with Crippen LogP contribution in [0.25, 0.3) is 0 Å². The van der Waals surface area contributed by atoms with E-state index in [0.29, 0.717) is 18.0 Å². The highest BCUT2D eigenvalue weighted by molar-refractivity contribution is 6.30. The smallest absolute Gasteiger partial charge is 0.407 e. The van der Waals surface area contributed by atoms with Crippen molar-refractivity contribution < 1.29 is 19.1 Å². The van der Waals surface area contributed by atoms with Crippen molar-refractivity contribution in [3.8, 4) is 0 Å². The van der Waals surface area contributed by atoms with Gasteiger partial charge in [-0.3, -0.25) is 4.79 Å². The molecule has 0 aromatic heterocycles. The van der Waals surface area contributed by atoms with E-state index in [-0.39, 0.29) is 12.0 Å². The number of hydrogen-bond donors (Lipinski definition) is 2. The molecule has 0 aliphatic rings. The van der Waals surface area contributed by atoms with Crippen LogP contribution in [0.15, 0.2) is 24.3 Å². The Balaban J connectivity index is 2.73. The van der Waals surface area contributed by atoms with Crippen LogP contribution in [-0.2, 0) is 20.7 Å². The predicted octanol–water partition coefficient (Wildman–Crippen LogP) is 2.93. The summed E-state index contributed by atoms with van der Waals surface area (Å²) in [6, 6.07) is 6.66. The Morgan fingerprint density at radius 2 is 1.80 bits per heavy atom. The molecule has 0 fully saturated rings. The van der Waals surface area contributed by atoms with E-state index in [1.165, 1.54) is 7.11 Å². The van der Waals surface area contributed by atoms with Gasteiger partial charge in [-0.1, -0.05) is 23.7 Å². The molecule has 0 saturated carbocycles. The molecule has 1 aromatic rings. The zero-order chi connectivity index (χ0) is 19.0. The maximum atomic E-state index is 12.1. The second-order valence-corrected chi connectivity index (χ2v) is 7.26. The summed E-state index contributed by atoms with van der Waals surface area (Å²) in [7, 11) is 1.34. The lowest BCUT2D eigenvalue weighted by atomic mass is 10.1. The summed E-state index contributed by atoms with van der Waals surface area (Å²) in [5.74, 6) is -0.359. The van der Waals surface area contributed by atoms with Crippen LogP contribution in [0.2, 0.25) is 5.02 Å². The van der Waals surface area contributed by atoms with Crippen molar-refractivity contribution in [2.24, 2.45) is 0 Å². The minimum absolute atomic E-state index is 0.261. The van der Waals surface area contributed by atoms with Gasteiger partial charge in [0.05, 0.1) is 7.11 Å². The molecule has 1 rings (SSSR count). The number of esters is 1. The number of halogens is 1. The fourth-order valence-corrected chi connectivity index (χ4v) is 2.26. The molecule has 25 heavy (non-hydrogen) atoms. The fourth-order valence-electron chi connectivity index (χ4n) is 2.13. The first-order valence-corrected chi connectivity index (χ1v) is 8.53. The number of hydrogen-bond acceptors (Lipinski definition) is 5. The Bertz CT molecular complexity index is 569. The number of alkyl carbamates (subject to hydrolysis) is 1. The third-order valence-electron chi connectivity index (χ3n) is 3.34. The van der Waals surface area contributed by atoms with Crippen LogP contribution < -0.4 is 10.6 Å². The Kier molecular flexibility index (Phi) is 8.19. The Labute approximate surface area is 154 Å². The normalized spacial score (nSPS) is 13.7. The number of carbonyl (C=O) groups excluding carboxylic acids is 2. The Hall–Kier alpha value is -1.79. The van der Waals surface area contributed by atoms with Crippen LogP contribution in [0, 0.1) is 0 Å². The van der Waals surface area contributed by atoms with Crippen molar-refractivity contribution in [3.05, 3.63) is 34.9 Å². The zero-order valence-electron chi connectivity index (χ0n) is 15.4. The third-order valence-corrected chi connectivity index (χ3v) is 3.59. The average molecular weight is 371 g/mol. The standard InChI is InChI=1S/C18H27ClN2O4/c1-12(16(22)24-5)20-11-15(21-17(23)25-18(2,3)4)10-13-6-8-14(19)9-7-13/h6-9,12,15,20H,10-11H2,1-5H3,(H,21,23)/t12-,15?/m0/s1. The van der Waals surface area contributed by atoms with Gasteiger partial charge in [0.1, 0.15) is 11.6 Å². The van der Waals surface area contributed by atoms with Crippen LogP contribution in [0.1, 0.15) is 33.3 Å². The van der Waals surface area contributed by atoms with Gasteiger partial charge in [-0.05, 0) is 51.8 Å². The largest absolute Gasteiger partial charge is 0.468 e. The molecule has 2 N–H and O–H groups in total. The topological polar surface area (TPSA) is 76.7 Å².